The average Bonchev–Trinajstić information content (AvgIpc) is 3.01. The van der Waals surface area contributed by atoms with Crippen LogP contribution in [0, 0.1) is 6.92 Å². The van der Waals surface area contributed by atoms with E-state index in [0.717, 1.165) is 16.9 Å². The molecule has 1 amide bonds. The van der Waals surface area contributed by atoms with Crippen molar-refractivity contribution in [2.24, 2.45) is 5.73 Å². The highest BCUT2D eigenvalue weighted by Crippen LogP contribution is 2.29. The van der Waals surface area contributed by atoms with Crippen LogP contribution in [0.5, 0.6) is 5.75 Å². The normalized spacial score (nSPS) is 12.1. The first kappa shape index (κ1) is 20.5. The summed E-state index contributed by atoms with van der Waals surface area (Å²) in [7, 11) is 1.54. The number of fused-ring (bicyclic) bond motifs is 1. The fourth-order valence-electron chi connectivity index (χ4n) is 3.42. The highest BCUT2D eigenvalue weighted by Gasteiger charge is 2.26. The number of hydrogen-bond donors (Lipinski definition) is 2. The summed E-state index contributed by atoms with van der Waals surface area (Å²) in [6.45, 7) is 3.32. The van der Waals surface area contributed by atoms with E-state index in [1.54, 1.807) is 27.0 Å². The second-order valence-corrected chi connectivity index (χ2v) is 7.56. The first-order valence-electron chi connectivity index (χ1n) is 8.99. The second kappa shape index (κ2) is 8.04. The van der Waals surface area contributed by atoms with Crippen molar-refractivity contribution >= 4 is 33.4 Å². The Labute approximate surface area is 170 Å². The van der Waals surface area contributed by atoms with Crippen LogP contribution >= 0.6 is 11.3 Å². The monoisotopic (exact) mass is 415 g/mol. The minimum absolute atomic E-state index is 0.0534. The van der Waals surface area contributed by atoms with Gasteiger partial charge in [-0.3, -0.25) is 14.2 Å². The topological polar surface area (TPSA) is 125 Å². The summed E-state index contributed by atoms with van der Waals surface area (Å²) in [4.78, 5) is 41.9. The minimum atomic E-state index is -1.12. The maximum absolute atomic E-state index is 13.4. The molecule has 0 radical (unpaired) electrons. The van der Waals surface area contributed by atoms with Gasteiger partial charge in [-0.25, -0.2) is 9.78 Å². The van der Waals surface area contributed by atoms with E-state index in [4.69, 9.17) is 10.5 Å². The predicted octanol–water partition coefficient (Wildman–Crippen LogP) is 2.50. The third-order valence-electron chi connectivity index (χ3n) is 4.83. The Morgan fingerprint density at radius 3 is 2.62 bits per heavy atom. The molecule has 0 aliphatic rings. The molecule has 2 aromatic heterocycles. The number of carbonyl (C=O) groups excluding carboxylic acids is 1. The summed E-state index contributed by atoms with van der Waals surface area (Å²) in [6.07, 6.45) is 0.522. The Morgan fingerprint density at radius 2 is 2.03 bits per heavy atom. The number of rotatable bonds is 7. The minimum Gasteiger partial charge on any atom is -0.496 e. The van der Waals surface area contributed by atoms with Gasteiger partial charge in [0.2, 0.25) is 5.91 Å². The van der Waals surface area contributed by atoms with E-state index >= 15 is 0 Å². The van der Waals surface area contributed by atoms with Gasteiger partial charge in [0.1, 0.15) is 27.3 Å². The molecule has 8 nitrogen and oxygen atoms in total. The van der Waals surface area contributed by atoms with Crippen LogP contribution in [0.3, 0.4) is 0 Å². The van der Waals surface area contributed by atoms with Crippen LogP contribution in [-0.4, -0.2) is 33.6 Å². The number of thiophene rings is 1. The zero-order chi connectivity index (χ0) is 21.3. The van der Waals surface area contributed by atoms with Crippen LogP contribution in [0.1, 0.15) is 46.0 Å². The van der Waals surface area contributed by atoms with E-state index in [2.05, 4.69) is 4.98 Å². The van der Waals surface area contributed by atoms with Crippen molar-refractivity contribution in [2.75, 3.05) is 7.11 Å². The number of amides is 1. The zero-order valence-corrected chi connectivity index (χ0v) is 17.1. The third-order valence-corrected chi connectivity index (χ3v) is 6.01. The van der Waals surface area contributed by atoms with Crippen molar-refractivity contribution in [3.05, 3.63) is 56.4 Å². The number of carbonyl (C=O) groups is 2. The quantitative estimate of drug-likeness (QED) is 0.611. The average molecular weight is 415 g/mol. The van der Waals surface area contributed by atoms with Crippen molar-refractivity contribution < 1.29 is 19.4 Å². The summed E-state index contributed by atoms with van der Waals surface area (Å²) >= 11 is 0.946. The van der Waals surface area contributed by atoms with Crippen molar-refractivity contribution in [1.29, 1.82) is 0 Å². The lowest BCUT2D eigenvalue weighted by molar-refractivity contribution is -0.121. The number of aromatic nitrogens is 2. The number of nitrogens with zero attached hydrogens (tertiary/aromatic N) is 2. The standard InChI is InChI=1S/C20H21N3O5S/c1-4-12(17(21)24)23-14(9-11-7-5-6-8-13(11)28-3)22-18-15(19(23)25)10(2)16(29-18)20(26)27/h5-8,12H,4,9H2,1-3H3,(H2,21,24)(H,26,27). The van der Waals surface area contributed by atoms with E-state index in [1.807, 2.05) is 18.2 Å². The lowest BCUT2D eigenvalue weighted by Crippen LogP contribution is -2.36. The van der Waals surface area contributed by atoms with Crippen LogP contribution < -0.4 is 16.0 Å². The van der Waals surface area contributed by atoms with Gasteiger partial charge in [-0.05, 0) is 25.0 Å². The van der Waals surface area contributed by atoms with Crippen molar-refractivity contribution in [3.8, 4) is 5.75 Å². The molecule has 1 aromatic carbocycles. The van der Waals surface area contributed by atoms with Gasteiger partial charge in [-0.1, -0.05) is 25.1 Å². The predicted molar refractivity (Wildman–Crippen MR) is 110 cm³/mol. The number of carboxylic acid groups (broad SMARTS) is 1. The second-order valence-electron chi connectivity index (χ2n) is 6.56. The number of para-hydroxylation sites is 1. The summed E-state index contributed by atoms with van der Waals surface area (Å²) in [5.41, 5.74) is 6.21. The van der Waals surface area contributed by atoms with Gasteiger partial charge >= 0.3 is 5.97 Å². The molecule has 29 heavy (non-hydrogen) atoms. The van der Waals surface area contributed by atoms with Crippen LogP contribution in [0.15, 0.2) is 29.1 Å². The zero-order valence-electron chi connectivity index (χ0n) is 16.3. The molecule has 3 aromatic rings. The molecule has 0 saturated heterocycles. The molecular formula is C20H21N3O5S. The van der Waals surface area contributed by atoms with Gasteiger partial charge in [-0.2, -0.15) is 0 Å². The van der Waals surface area contributed by atoms with Gasteiger partial charge in [0.05, 0.1) is 12.5 Å². The fraction of sp³-hybridized carbons (Fsp3) is 0.300. The largest absolute Gasteiger partial charge is 0.496 e. The SMILES string of the molecule is CCC(C(N)=O)n1c(Cc2ccccc2OC)nc2sc(C(=O)O)c(C)c2c1=O. The summed E-state index contributed by atoms with van der Waals surface area (Å²) in [5, 5.41) is 9.63. The molecule has 0 bridgehead atoms. The molecule has 0 spiro atoms. The molecule has 9 heteroatoms. The van der Waals surface area contributed by atoms with Gasteiger partial charge in [-0.15, -0.1) is 11.3 Å². The molecule has 0 fully saturated rings. The van der Waals surface area contributed by atoms with Crippen LogP contribution in [0.4, 0.5) is 0 Å². The number of carboxylic acids is 1. The van der Waals surface area contributed by atoms with Crippen LogP contribution in [-0.2, 0) is 11.2 Å². The Hall–Kier alpha value is -3.20. The van der Waals surface area contributed by atoms with E-state index in [1.165, 1.54) is 4.57 Å². The molecular weight excluding hydrogens is 394 g/mol. The Kier molecular flexibility index (Phi) is 5.69. The number of ether oxygens (including phenoxy) is 1. The third kappa shape index (κ3) is 3.61. The van der Waals surface area contributed by atoms with E-state index in [-0.39, 0.29) is 16.7 Å². The molecule has 3 N–H and O–H groups in total. The maximum atomic E-state index is 13.4. The maximum Gasteiger partial charge on any atom is 0.346 e. The summed E-state index contributed by atoms with van der Waals surface area (Å²) < 4.78 is 6.68. The van der Waals surface area contributed by atoms with Crippen LogP contribution in [0.2, 0.25) is 0 Å². The summed E-state index contributed by atoms with van der Waals surface area (Å²) in [6, 6.07) is 6.40. The number of primary amides is 1. The Balaban J connectivity index is 2.33. The molecule has 2 heterocycles. The number of methoxy groups -OCH3 is 1. The van der Waals surface area contributed by atoms with E-state index in [0.29, 0.717) is 28.4 Å². The fourth-order valence-corrected chi connectivity index (χ4v) is 4.45. The molecule has 3 rings (SSSR count). The molecule has 0 aliphatic carbocycles. The first-order valence-corrected chi connectivity index (χ1v) is 9.80. The van der Waals surface area contributed by atoms with Gasteiger partial charge < -0.3 is 15.6 Å². The Bertz CT molecular complexity index is 1160. The number of aromatic carboxylic acids is 1. The molecule has 0 saturated carbocycles. The number of nitrogens with two attached hydrogens (primary N) is 1. The van der Waals surface area contributed by atoms with E-state index < -0.39 is 23.5 Å². The lowest BCUT2D eigenvalue weighted by Gasteiger charge is -2.19. The van der Waals surface area contributed by atoms with Crippen molar-refractivity contribution in [1.82, 2.24) is 9.55 Å². The van der Waals surface area contributed by atoms with Gasteiger partial charge in [0.25, 0.3) is 5.56 Å². The summed E-state index contributed by atoms with van der Waals surface area (Å²) in [5.74, 6) is -0.821. The number of benzene rings is 1. The number of hydrogen-bond acceptors (Lipinski definition) is 6. The lowest BCUT2D eigenvalue weighted by atomic mass is 10.1. The van der Waals surface area contributed by atoms with Gasteiger partial charge in [0.15, 0.2) is 0 Å². The van der Waals surface area contributed by atoms with Gasteiger partial charge in [0, 0.05) is 12.0 Å². The first-order chi connectivity index (χ1) is 13.8. The van der Waals surface area contributed by atoms with E-state index in [9.17, 15) is 19.5 Å². The molecule has 0 aliphatic heterocycles. The van der Waals surface area contributed by atoms with Crippen LogP contribution in [0.25, 0.3) is 10.2 Å². The van der Waals surface area contributed by atoms with Crippen molar-refractivity contribution in [3.63, 3.8) is 0 Å². The molecule has 1 unspecified atom stereocenters. The molecule has 1 atom stereocenters. The number of aryl methyl sites for hydroxylation is 1. The molecule has 152 valence electrons. The highest BCUT2D eigenvalue weighted by molar-refractivity contribution is 7.20. The van der Waals surface area contributed by atoms with Crippen molar-refractivity contribution in [2.45, 2.75) is 32.7 Å². The smallest absolute Gasteiger partial charge is 0.346 e. The highest BCUT2D eigenvalue weighted by atomic mass is 32.1. The Morgan fingerprint density at radius 1 is 1.34 bits per heavy atom.